The van der Waals surface area contributed by atoms with Gasteiger partial charge in [0.15, 0.2) is 0 Å². The molecular formula is C16H17BrFN3. The second-order valence-corrected chi connectivity index (χ2v) is 6.05. The van der Waals surface area contributed by atoms with Gasteiger partial charge < -0.3 is 5.32 Å². The van der Waals surface area contributed by atoms with E-state index in [0.29, 0.717) is 23.7 Å². The molecule has 0 amide bonds. The topological polar surface area (TPSA) is 37.8 Å². The Balaban J connectivity index is 1.96. The Bertz CT molecular complexity index is 656. The van der Waals surface area contributed by atoms with Gasteiger partial charge in [-0.15, -0.1) is 0 Å². The SMILES string of the molecule is CCNc1nc(Cc2ccccc2F)nc(C2CC2)c1Br. The first-order valence-electron chi connectivity index (χ1n) is 7.22. The molecule has 110 valence electrons. The monoisotopic (exact) mass is 349 g/mol. The molecule has 21 heavy (non-hydrogen) atoms. The van der Waals surface area contributed by atoms with Crippen LogP contribution in [0.15, 0.2) is 28.7 Å². The van der Waals surface area contributed by atoms with Crippen molar-refractivity contribution in [1.29, 1.82) is 0 Å². The molecule has 3 rings (SSSR count). The molecule has 0 unspecified atom stereocenters. The van der Waals surface area contributed by atoms with Crippen LogP contribution < -0.4 is 5.32 Å². The van der Waals surface area contributed by atoms with Crippen LogP contribution >= 0.6 is 15.9 Å². The molecule has 1 saturated carbocycles. The maximum Gasteiger partial charge on any atom is 0.144 e. The van der Waals surface area contributed by atoms with Gasteiger partial charge in [0.2, 0.25) is 0 Å². The lowest BCUT2D eigenvalue weighted by Gasteiger charge is -2.12. The van der Waals surface area contributed by atoms with Gasteiger partial charge in [0.25, 0.3) is 0 Å². The maximum atomic E-state index is 13.8. The third-order valence-corrected chi connectivity index (χ3v) is 4.32. The molecule has 1 aliphatic carbocycles. The summed E-state index contributed by atoms with van der Waals surface area (Å²) < 4.78 is 14.7. The van der Waals surface area contributed by atoms with E-state index in [1.807, 2.05) is 13.0 Å². The smallest absolute Gasteiger partial charge is 0.144 e. The van der Waals surface area contributed by atoms with Crippen LogP contribution in [0.2, 0.25) is 0 Å². The number of aromatic nitrogens is 2. The predicted molar refractivity (Wildman–Crippen MR) is 85.1 cm³/mol. The fourth-order valence-electron chi connectivity index (χ4n) is 2.32. The number of anilines is 1. The van der Waals surface area contributed by atoms with Gasteiger partial charge in [0, 0.05) is 18.9 Å². The molecule has 1 heterocycles. The van der Waals surface area contributed by atoms with Crippen molar-refractivity contribution in [2.24, 2.45) is 0 Å². The Kier molecular flexibility index (Phi) is 4.19. The second kappa shape index (κ2) is 6.10. The molecule has 1 aromatic heterocycles. The predicted octanol–water partition coefficient (Wildman–Crippen LogP) is 4.28. The van der Waals surface area contributed by atoms with Crippen molar-refractivity contribution in [2.75, 3.05) is 11.9 Å². The van der Waals surface area contributed by atoms with Crippen LogP contribution in [0.3, 0.4) is 0 Å². The zero-order valence-corrected chi connectivity index (χ0v) is 13.5. The summed E-state index contributed by atoms with van der Waals surface area (Å²) in [6.45, 7) is 2.82. The molecule has 2 aromatic rings. The minimum Gasteiger partial charge on any atom is -0.369 e. The molecular weight excluding hydrogens is 333 g/mol. The van der Waals surface area contributed by atoms with E-state index >= 15 is 0 Å². The molecule has 1 aliphatic rings. The summed E-state index contributed by atoms with van der Waals surface area (Å²) >= 11 is 3.60. The molecule has 0 aliphatic heterocycles. The number of hydrogen-bond donors (Lipinski definition) is 1. The number of nitrogens with one attached hydrogen (secondary N) is 1. The van der Waals surface area contributed by atoms with Crippen LogP contribution in [0.4, 0.5) is 10.2 Å². The Labute approximate surface area is 132 Å². The molecule has 1 N–H and O–H groups in total. The lowest BCUT2D eigenvalue weighted by atomic mass is 10.1. The van der Waals surface area contributed by atoms with E-state index in [2.05, 4.69) is 31.2 Å². The van der Waals surface area contributed by atoms with Crippen molar-refractivity contribution in [3.8, 4) is 0 Å². The molecule has 1 aromatic carbocycles. The van der Waals surface area contributed by atoms with E-state index in [4.69, 9.17) is 0 Å². The summed E-state index contributed by atoms with van der Waals surface area (Å²) in [5.41, 5.74) is 1.68. The molecule has 1 fully saturated rings. The summed E-state index contributed by atoms with van der Waals surface area (Å²) in [7, 11) is 0. The van der Waals surface area contributed by atoms with E-state index in [0.717, 1.165) is 22.5 Å². The highest BCUT2D eigenvalue weighted by Crippen LogP contribution is 2.43. The Morgan fingerprint density at radius 1 is 1.29 bits per heavy atom. The highest BCUT2D eigenvalue weighted by Gasteiger charge is 2.29. The van der Waals surface area contributed by atoms with Crippen LogP contribution in [0.25, 0.3) is 0 Å². The van der Waals surface area contributed by atoms with Crippen molar-refractivity contribution in [3.63, 3.8) is 0 Å². The van der Waals surface area contributed by atoms with Crippen molar-refractivity contribution in [1.82, 2.24) is 9.97 Å². The average molecular weight is 350 g/mol. The lowest BCUT2D eigenvalue weighted by Crippen LogP contribution is -2.08. The molecule has 0 atom stereocenters. The van der Waals surface area contributed by atoms with Gasteiger partial charge in [-0.25, -0.2) is 14.4 Å². The summed E-state index contributed by atoms with van der Waals surface area (Å²) in [5.74, 6) is 1.78. The van der Waals surface area contributed by atoms with Crippen LogP contribution in [0.1, 0.15) is 42.8 Å². The lowest BCUT2D eigenvalue weighted by molar-refractivity contribution is 0.612. The maximum absolute atomic E-state index is 13.8. The van der Waals surface area contributed by atoms with Crippen molar-refractivity contribution < 1.29 is 4.39 Å². The number of halogens is 2. The van der Waals surface area contributed by atoms with Crippen LogP contribution in [-0.4, -0.2) is 16.5 Å². The number of rotatable bonds is 5. The quantitative estimate of drug-likeness (QED) is 0.875. The molecule has 0 spiro atoms. The Morgan fingerprint density at radius 3 is 2.71 bits per heavy atom. The molecule has 5 heteroatoms. The minimum atomic E-state index is -0.206. The van der Waals surface area contributed by atoms with E-state index in [9.17, 15) is 4.39 Å². The van der Waals surface area contributed by atoms with Gasteiger partial charge >= 0.3 is 0 Å². The standard InChI is InChI=1S/C16H17BrFN3/c1-2-19-16-14(17)15(10-7-8-10)20-13(21-16)9-11-5-3-4-6-12(11)18/h3-6,10H,2,7-9H2,1H3,(H,19,20,21). The highest BCUT2D eigenvalue weighted by molar-refractivity contribution is 9.10. The third-order valence-electron chi connectivity index (χ3n) is 3.54. The first-order chi connectivity index (χ1) is 10.2. The fourth-order valence-corrected chi connectivity index (χ4v) is 2.96. The van der Waals surface area contributed by atoms with E-state index in [-0.39, 0.29) is 5.82 Å². The van der Waals surface area contributed by atoms with Gasteiger partial charge in [0.1, 0.15) is 17.5 Å². The van der Waals surface area contributed by atoms with Gasteiger partial charge in [0.05, 0.1) is 10.2 Å². The third kappa shape index (κ3) is 3.23. The van der Waals surface area contributed by atoms with Crippen molar-refractivity contribution >= 4 is 21.7 Å². The molecule has 3 nitrogen and oxygen atoms in total. The zero-order chi connectivity index (χ0) is 14.8. The average Bonchev–Trinajstić information content (AvgIpc) is 3.29. The van der Waals surface area contributed by atoms with Crippen molar-refractivity contribution in [2.45, 2.75) is 32.1 Å². The van der Waals surface area contributed by atoms with Crippen LogP contribution in [0, 0.1) is 5.82 Å². The summed E-state index contributed by atoms with van der Waals surface area (Å²) in [6.07, 6.45) is 2.75. The number of hydrogen-bond acceptors (Lipinski definition) is 3. The first kappa shape index (κ1) is 14.4. The van der Waals surface area contributed by atoms with Crippen molar-refractivity contribution in [3.05, 3.63) is 51.6 Å². The molecule has 0 bridgehead atoms. The van der Waals surface area contributed by atoms with E-state index < -0.39 is 0 Å². The van der Waals surface area contributed by atoms with Gasteiger partial charge in [-0.2, -0.15) is 0 Å². The second-order valence-electron chi connectivity index (χ2n) is 5.26. The summed E-state index contributed by atoms with van der Waals surface area (Å²) in [5, 5.41) is 3.25. The molecule has 0 saturated heterocycles. The first-order valence-corrected chi connectivity index (χ1v) is 8.02. The minimum absolute atomic E-state index is 0.206. The highest BCUT2D eigenvalue weighted by atomic mass is 79.9. The zero-order valence-electron chi connectivity index (χ0n) is 11.9. The largest absolute Gasteiger partial charge is 0.369 e. The molecule has 0 radical (unpaired) electrons. The van der Waals surface area contributed by atoms with E-state index in [1.165, 1.54) is 18.9 Å². The number of nitrogens with zero attached hydrogens (tertiary/aromatic N) is 2. The number of benzene rings is 1. The van der Waals surface area contributed by atoms with Gasteiger partial charge in [-0.3, -0.25) is 0 Å². The van der Waals surface area contributed by atoms with Gasteiger partial charge in [-0.05, 0) is 47.3 Å². The van der Waals surface area contributed by atoms with Crippen LogP contribution in [-0.2, 0) is 6.42 Å². The summed E-state index contributed by atoms with van der Waals surface area (Å²) in [4.78, 5) is 9.18. The van der Waals surface area contributed by atoms with E-state index in [1.54, 1.807) is 12.1 Å². The normalized spacial score (nSPS) is 14.2. The van der Waals surface area contributed by atoms with Gasteiger partial charge in [-0.1, -0.05) is 18.2 Å². The fraction of sp³-hybridized carbons (Fsp3) is 0.375. The Morgan fingerprint density at radius 2 is 2.05 bits per heavy atom. The van der Waals surface area contributed by atoms with Crippen LogP contribution in [0.5, 0.6) is 0 Å². The Hall–Kier alpha value is -1.49. The summed E-state index contributed by atoms with van der Waals surface area (Å²) in [6, 6.07) is 6.79.